The second-order valence-corrected chi connectivity index (χ2v) is 5.53. The molecule has 3 rings (SSSR count). The predicted molar refractivity (Wildman–Crippen MR) is 83.9 cm³/mol. The quantitative estimate of drug-likeness (QED) is 0.755. The predicted octanol–water partition coefficient (Wildman–Crippen LogP) is 1.51. The van der Waals surface area contributed by atoms with Crippen LogP contribution < -0.4 is 5.73 Å². The minimum absolute atomic E-state index is 0.0613. The number of benzene rings is 2. The number of rotatable bonds is 4. The number of primary amides is 1. The molecule has 2 aromatic rings. The average Bonchev–Trinajstić information content (AvgIpc) is 2.56. The highest BCUT2D eigenvalue weighted by Crippen LogP contribution is 2.33. The molecule has 0 aliphatic heterocycles. The van der Waals surface area contributed by atoms with Crippen LogP contribution in [-0.4, -0.2) is 28.5 Å². The first-order chi connectivity index (χ1) is 11.4. The van der Waals surface area contributed by atoms with E-state index in [1.54, 1.807) is 18.2 Å². The third kappa shape index (κ3) is 2.38. The summed E-state index contributed by atoms with van der Waals surface area (Å²) >= 11 is 0. The first-order valence-electron chi connectivity index (χ1n) is 7.24. The summed E-state index contributed by atoms with van der Waals surface area (Å²) in [5, 5.41) is 9.01. The molecule has 0 bridgehead atoms. The molecule has 24 heavy (non-hydrogen) atoms. The molecule has 0 heterocycles. The van der Waals surface area contributed by atoms with Gasteiger partial charge in [-0.1, -0.05) is 42.5 Å². The van der Waals surface area contributed by atoms with Crippen molar-refractivity contribution in [2.24, 2.45) is 5.73 Å². The van der Waals surface area contributed by atoms with Crippen LogP contribution in [0.2, 0.25) is 0 Å². The van der Waals surface area contributed by atoms with Gasteiger partial charge in [0, 0.05) is 22.3 Å². The minimum atomic E-state index is -1.22. The van der Waals surface area contributed by atoms with E-state index >= 15 is 0 Å². The van der Waals surface area contributed by atoms with Crippen molar-refractivity contribution < 1.29 is 24.3 Å². The van der Waals surface area contributed by atoms with Gasteiger partial charge in [0.2, 0.25) is 5.91 Å². The van der Waals surface area contributed by atoms with Gasteiger partial charge in [0.15, 0.2) is 11.6 Å². The molecule has 0 aromatic heterocycles. The largest absolute Gasteiger partial charge is 0.481 e. The van der Waals surface area contributed by atoms with Crippen LogP contribution in [0.3, 0.4) is 0 Å². The van der Waals surface area contributed by atoms with Crippen molar-refractivity contribution in [1.82, 2.24) is 0 Å². The van der Waals surface area contributed by atoms with E-state index in [0.717, 1.165) is 0 Å². The van der Waals surface area contributed by atoms with E-state index in [-0.39, 0.29) is 28.0 Å². The summed E-state index contributed by atoms with van der Waals surface area (Å²) in [6, 6.07) is 10.9. The van der Waals surface area contributed by atoms with Gasteiger partial charge >= 0.3 is 5.97 Å². The Morgan fingerprint density at radius 1 is 0.917 bits per heavy atom. The van der Waals surface area contributed by atoms with Crippen molar-refractivity contribution >= 4 is 23.4 Å². The fraction of sp³-hybridized carbons (Fsp3) is 0.111. The van der Waals surface area contributed by atoms with Gasteiger partial charge in [-0.25, -0.2) is 0 Å². The maximum Gasteiger partial charge on any atom is 0.304 e. The van der Waals surface area contributed by atoms with Gasteiger partial charge in [0.1, 0.15) is 0 Å². The molecule has 0 saturated heterocycles. The Kier molecular flexibility index (Phi) is 3.73. The molecule has 6 nitrogen and oxygen atoms in total. The smallest absolute Gasteiger partial charge is 0.304 e. The van der Waals surface area contributed by atoms with Gasteiger partial charge in [-0.2, -0.15) is 0 Å². The molecule has 0 saturated carbocycles. The normalized spacial score (nSPS) is 13.8. The number of carbonyl (C=O) groups is 4. The Balaban J connectivity index is 2.23. The molecule has 1 unspecified atom stereocenters. The zero-order chi connectivity index (χ0) is 17.4. The molecule has 0 fully saturated rings. The van der Waals surface area contributed by atoms with Crippen molar-refractivity contribution in [3.05, 3.63) is 70.3 Å². The lowest BCUT2D eigenvalue weighted by Crippen LogP contribution is -2.29. The zero-order valence-electron chi connectivity index (χ0n) is 12.5. The van der Waals surface area contributed by atoms with Gasteiger partial charge in [-0.3, -0.25) is 19.2 Å². The number of fused-ring (bicyclic) bond motifs is 2. The highest BCUT2D eigenvalue weighted by atomic mass is 16.4. The van der Waals surface area contributed by atoms with Gasteiger partial charge < -0.3 is 10.8 Å². The molecule has 2 aromatic carbocycles. The van der Waals surface area contributed by atoms with Gasteiger partial charge in [-0.15, -0.1) is 0 Å². The maximum atomic E-state index is 12.8. The summed E-state index contributed by atoms with van der Waals surface area (Å²) in [6.45, 7) is 0. The van der Waals surface area contributed by atoms with Crippen molar-refractivity contribution in [2.45, 2.75) is 12.3 Å². The first-order valence-corrected chi connectivity index (χ1v) is 7.24. The summed E-state index contributed by atoms with van der Waals surface area (Å²) in [7, 11) is 0. The van der Waals surface area contributed by atoms with E-state index in [4.69, 9.17) is 10.8 Å². The number of carboxylic acids is 1. The number of amides is 1. The highest BCUT2D eigenvalue weighted by Gasteiger charge is 2.34. The van der Waals surface area contributed by atoms with Crippen LogP contribution in [-0.2, 0) is 9.59 Å². The third-order valence-electron chi connectivity index (χ3n) is 4.08. The monoisotopic (exact) mass is 323 g/mol. The minimum Gasteiger partial charge on any atom is -0.481 e. The van der Waals surface area contributed by atoms with Crippen molar-refractivity contribution in [1.29, 1.82) is 0 Å². The van der Waals surface area contributed by atoms with E-state index in [0.29, 0.717) is 5.56 Å². The second kappa shape index (κ2) is 5.73. The van der Waals surface area contributed by atoms with Crippen LogP contribution in [0, 0.1) is 0 Å². The molecule has 0 spiro atoms. The lowest BCUT2D eigenvalue weighted by molar-refractivity contribution is -0.139. The van der Waals surface area contributed by atoms with E-state index in [2.05, 4.69) is 0 Å². The molecule has 1 aliphatic carbocycles. The van der Waals surface area contributed by atoms with Crippen LogP contribution in [0.15, 0.2) is 42.5 Å². The number of nitrogens with two attached hydrogens (primary N) is 1. The lowest BCUT2D eigenvalue weighted by Gasteiger charge is -2.22. The molecule has 3 N–H and O–H groups in total. The number of hydrogen-bond donors (Lipinski definition) is 2. The van der Waals surface area contributed by atoms with Crippen LogP contribution in [0.5, 0.6) is 0 Å². The van der Waals surface area contributed by atoms with E-state index in [1.165, 1.54) is 24.3 Å². The summed E-state index contributed by atoms with van der Waals surface area (Å²) in [5.41, 5.74) is 6.25. The van der Waals surface area contributed by atoms with Gasteiger partial charge in [0.05, 0.1) is 12.3 Å². The van der Waals surface area contributed by atoms with Crippen LogP contribution in [0.25, 0.3) is 0 Å². The topological polar surface area (TPSA) is 115 Å². The summed E-state index contributed by atoms with van der Waals surface area (Å²) in [4.78, 5) is 48.2. The summed E-state index contributed by atoms with van der Waals surface area (Å²) < 4.78 is 0. The Hall–Kier alpha value is -3.28. The fourth-order valence-corrected chi connectivity index (χ4v) is 3.00. The molecular weight excluding hydrogens is 310 g/mol. The van der Waals surface area contributed by atoms with Crippen LogP contribution in [0.1, 0.15) is 49.7 Å². The van der Waals surface area contributed by atoms with Crippen molar-refractivity contribution in [2.75, 3.05) is 0 Å². The van der Waals surface area contributed by atoms with E-state index in [1.807, 2.05) is 0 Å². The number of ketones is 2. The zero-order valence-corrected chi connectivity index (χ0v) is 12.5. The van der Waals surface area contributed by atoms with Crippen LogP contribution >= 0.6 is 0 Å². The molecule has 1 atom stereocenters. The van der Waals surface area contributed by atoms with E-state index < -0.39 is 30.0 Å². The van der Waals surface area contributed by atoms with Crippen molar-refractivity contribution in [3.63, 3.8) is 0 Å². The van der Waals surface area contributed by atoms with Crippen molar-refractivity contribution in [3.8, 4) is 0 Å². The SMILES string of the molecule is NC(=O)C(CC(=O)O)c1cccc2c1C(=O)c1ccccc1C2=O. The molecule has 6 heteroatoms. The Morgan fingerprint density at radius 2 is 1.50 bits per heavy atom. The number of carbonyl (C=O) groups excluding carboxylic acids is 3. The van der Waals surface area contributed by atoms with Crippen LogP contribution in [0.4, 0.5) is 0 Å². The van der Waals surface area contributed by atoms with Gasteiger partial charge in [-0.05, 0) is 5.56 Å². The Morgan fingerprint density at radius 3 is 2.08 bits per heavy atom. The average molecular weight is 323 g/mol. The molecule has 1 aliphatic rings. The fourth-order valence-electron chi connectivity index (χ4n) is 3.00. The Bertz CT molecular complexity index is 900. The molecular formula is C18H13NO5. The molecule has 1 amide bonds. The Labute approximate surface area is 136 Å². The number of aliphatic carboxylic acids is 1. The molecule has 120 valence electrons. The standard InChI is InChI=1S/C18H13NO5/c19-18(24)13(8-14(20)21)9-6-3-7-12-15(9)17(23)11-5-2-1-4-10(11)16(12)22/h1-7,13H,8H2,(H2,19,24)(H,20,21). The number of carboxylic acid groups (broad SMARTS) is 1. The maximum absolute atomic E-state index is 12.8. The lowest BCUT2D eigenvalue weighted by atomic mass is 9.78. The van der Waals surface area contributed by atoms with E-state index in [9.17, 15) is 19.2 Å². The highest BCUT2D eigenvalue weighted by molar-refractivity contribution is 6.29. The summed E-state index contributed by atoms with van der Waals surface area (Å²) in [5.74, 6) is -4.00. The second-order valence-electron chi connectivity index (χ2n) is 5.53. The summed E-state index contributed by atoms with van der Waals surface area (Å²) in [6.07, 6.45) is -0.547. The first kappa shape index (κ1) is 15.6. The molecule has 0 radical (unpaired) electrons. The van der Waals surface area contributed by atoms with Gasteiger partial charge in [0.25, 0.3) is 0 Å². The third-order valence-corrected chi connectivity index (χ3v) is 4.08. The number of hydrogen-bond acceptors (Lipinski definition) is 4.